The Morgan fingerprint density at radius 3 is 2.63 bits per heavy atom. The molecular weight excluding hydrogens is 372 g/mol. The molecule has 1 atom stereocenters. The lowest BCUT2D eigenvalue weighted by Gasteiger charge is -2.39. The first-order valence-electron chi connectivity index (χ1n) is 10.5. The number of ether oxygens (including phenoxy) is 1. The van der Waals surface area contributed by atoms with Gasteiger partial charge in [0.2, 0.25) is 5.88 Å². The lowest BCUT2D eigenvalue weighted by molar-refractivity contribution is 0.0612. The molecule has 1 aromatic heterocycles. The molecule has 1 amide bonds. The monoisotopic (exact) mass is 396 g/mol. The Balaban J connectivity index is 1.46. The van der Waals surface area contributed by atoms with E-state index in [1.807, 2.05) is 53.4 Å². The molecule has 1 aliphatic carbocycles. The molecular formula is C26H24N2O2. The molecule has 3 aromatic rings. The highest BCUT2D eigenvalue weighted by atomic mass is 16.5. The Morgan fingerprint density at radius 2 is 1.77 bits per heavy atom. The Kier molecular flexibility index (Phi) is 5.06. The van der Waals surface area contributed by atoms with Crippen LogP contribution in [-0.4, -0.2) is 35.0 Å². The lowest BCUT2D eigenvalue weighted by atomic mass is 9.87. The zero-order valence-electron chi connectivity index (χ0n) is 16.8. The van der Waals surface area contributed by atoms with Crippen LogP contribution in [0, 0.1) is 0 Å². The molecule has 1 saturated heterocycles. The quantitative estimate of drug-likeness (QED) is 0.611. The molecule has 5 rings (SSSR count). The van der Waals surface area contributed by atoms with Gasteiger partial charge in [0, 0.05) is 24.4 Å². The number of amides is 1. The molecule has 0 N–H and O–H groups in total. The summed E-state index contributed by atoms with van der Waals surface area (Å²) in [4.78, 5) is 20.0. The predicted octanol–water partition coefficient (Wildman–Crippen LogP) is 5.17. The van der Waals surface area contributed by atoms with E-state index >= 15 is 0 Å². The number of aromatic nitrogens is 1. The van der Waals surface area contributed by atoms with Gasteiger partial charge in [-0.2, -0.15) is 0 Å². The summed E-state index contributed by atoms with van der Waals surface area (Å²) in [5.74, 6) is 0.654. The lowest BCUT2D eigenvalue weighted by Crippen LogP contribution is -2.48. The maximum Gasteiger partial charge on any atom is 0.255 e. The summed E-state index contributed by atoms with van der Waals surface area (Å²) in [5.41, 5.74) is 3.39. The largest absolute Gasteiger partial charge is 0.475 e. The van der Waals surface area contributed by atoms with E-state index in [0.717, 1.165) is 35.6 Å². The van der Waals surface area contributed by atoms with Gasteiger partial charge in [0.25, 0.3) is 5.91 Å². The Hall–Kier alpha value is -3.40. The van der Waals surface area contributed by atoms with Crippen LogP contribution in [0.3, 0.4) is 0 Å². The van der Waals surface area contributed by atoms with Gasteiger partial charge in [0.1, 0.15) is 6.61 Å². The minimum absolute atomic E-state index is 0.0278. The molecule has 2 aromatic carbocycles. The normalized spacial score (nSPS) is 18.4. The highest BCUT2D eigenvalue weighted by Crippen LogP contribution is 2.33. The summed E-state index contributed by atoms with van der Waals surface area (Å²) in [7, 11) is 0. The second kappa shape index (κ2) is 8.15. The van der Waals surface area contributed by atoms with E-state index < -0.39 is 0 Å². The number of pyridine rings is 1. The third-order valence-corrected chi connectivity index (χ3v) is 5.94. The van der Waals surface area contributed by atoms with E-state index in [2.05, 4.69) is 29.3 Å². The van der Waals surface area contributed by atoms with Crippen molar-refractivity contribution >= 4 is 16.7 Å². The van der Waals surface area contributed by atoms with Gasteiger partial charge in [-0.15, -0.1) is 0 Å². The fraction of sp³-hybridized carbons (Fsp3) is 0.231. The van der Waals surface area contributed by atoms with E-state index in [0.29, 0.717) is 19.0 Å². The molecule has 0 unspecified atom stereocenters. The van der Waals surface area contributed by atoms with Crippen molar-refractivity contribution in [2.24, 2.45) is 0 Å². The van der Waals surface area contributed by atoms with Gasteiger partial charge in [0.05, 0.1) is 6.04 Å². The molecule has 0 spiro atoms. The van der Waals surface area contributed by atoms with Crippen molar-refractivity contribution in [1.82, 2.24) is 9.88 Å². The number of carbonyl (C=O) groups is 1. The fourth-order valence-electron chi connectivity index (χ4n) is 4.40. The van der Waals surface area contributed by atoms with Crippen LogP contribution in [0.4, 0.5) is 0 Å². The fourth-order valence-corrected chi connectivity index (χ4v) is 4.40. The van der Waals surface area contributed by atoms with Crippen molar-refractivity contribution < 1.29 is 9.53 Å². The molecule has 150 valence electrons. The number of benzene rings is 2. The number of hydrogen-bond donors (Lipinski definition) is 0. The van der Waals surface area contributed by atoms with Gasteiger partial charge >= 0.3 is 0 Å². The molecule has 0 radical (unpaired) electrons. The van der Waals surface area contributed by atoms with Gasteiger partial charge in [-0.25, -0.2) is 4.98 Å². The summed E-state index contributed by atoms with van der Waals surface area (Å²) in [6.45, 7) is 1.06. The van der Waals surface area contributed by atoms with Gasteiger partial charge < -0.3 is 9.64 Å². The third kappa shape index (κ3) is 3.61. The number of piperidine rings is 1. The van der Waals surface area contributed by atoms with Crippen LogP contribution in [0.25, 0.3) is 10.8 Å². The van der Waals surface area contributed by atoms with Crippen LogP contribution < -0.4 is 4.74 Å². The minimum atomic E-state index is -0.0278. The standard InChI is InChI=1S/C26H24N2O2/c29-26(24-13-7-11-19-8-3-4-12-23(19)24)28-17-21-10-2-1-9-20(21)16-22(28)18-30-25-14-5-6-15-27-25/h3-15,22H,1-2,16-18H2/t22-/m0/s1. The highest BCUT2D eigenvalue weighted by Gasteiger charge is 2.33. The molecule has 1 fully saturated rings. The van der Waals surface area contributed by atoms with Crippen LogP contribution in [0.1, 0.15) is 29.6 Å². The zero-order chi connectivity index (χ0) is 20.3. The summed E-state index contributed by atoms with van der Waals surface area (Å²) >= 11 is 0. The third-order valence-electron chi connectivity index (χ3n) is 5.94. The smallest absolute Gasteiger partial charge is 0.255 e. The molecule has 2 aliphatic rings. The van der Waals surface area contributed by atoms with Crippen molar-refractivity contribution in [2.45, 2.75) is 25.3 Å². The van der Waals surface area contributed by atoms with Gasteiger partial charge in [-0.1, -0.05) is 54.6 Å². The second-order valence-corrected chi connectivity index (χ2v) is 7.83. The van der Waals surface area contributed by atoms with Crippen LogP contribution >= 0.6 is 0 Å². The van der Waals surface area contributed by atoms with Crippen LogP contribution in [0.5, 0.6) is 5.88 Å². The summed E-state index contributed by atoms with van der Waals surface area (Å²) in [6, 6.07) is 19.6. The predicted molar refractivity (Wildman–Crippen MR) is 119 cm³/mol. The number of hydrogen-bond acceptors (Lipinski definition) is 3. The Labute approximate surface area is 176 Å². The first-order valence-corrected chi connectivity index (χ1v) is 10.5. The minimum Gasteiger partial charge on any atom is -0.475 e. The van der Waals surface area contributed by atoms with E-state index in [4.69, 9.17) is 4.74 Å². The molecule has 30 heavy (non-hydrogen) atoms. The van der Waals surface area contributed by atoms with E-state index in [-0.39, 0.29) is 11.9 Å². The average molecular weight is 396 g/mol. The highest BCUT2D eigenvalue weighted by molar-refractivity contribution is 6.07. The Bertz CT molecular complexity index is 1130. The van der Waals surface area contributed by atoms with Crippen molar-refractivity contribution in [1.29, 1.82) is 0 Å². The second-order valence-electron chi connectivity index (χ2n) is 7.83. The molecule has 0 saturated carbocycles. The van der Waals surface area contributed by atoms with Crippen LogP contribution in [-0.2, 0) is 0 Å². The number of rotatable bonds is 4. The van der Waals surface area contributed by atoms with Gasteiger partial charge in [0.15, 0.2) is 0 Å². The molecule has 4 heteroatoms. The number of allylic oxidation sites excluding steroid dienone is 2. The molecule has 2 heterocycles. The van der Waals surface area contributed by atoms with E-state index in [9.17, 15) is 4.79 Å². The number of nitrogens with zero attached hydrogens (tertiary/aromatic N) is 2. The number of carbonyl (C=O) groups excluding carboxylic acids is 1. The first kappa shape index (κ1) is 18.6. The zero-order valence-corrected chi connectivity index (χ0v) is 16.8. The maximum absolute atomic E-state index is 13.7. The summed E-state index contributed by atoms with van der Waals surface area (Å²) in [6.07, 6.45) is 9.26. The summed E-state index contributed by atoms with van der Waals surface area (Å²) < 4.78 is 5.98. The van der Waals surface area contributed by atoms with E-state index in [1.165, 1.54) is 11.1 Å². The Morgan fingerprint density at radius 1 is 0.967 bits per heavy atom. The van der Waals surface area contributed by atoms with Crippen molar-refractivity contribution in [3.63, 3.8) is 0 Å². The topological polar surface area (TPSA) is 42.4 Å². The summed E-state index contributed by atoms with van der Waals surface area (Å²) in [5, 5.41) is 2.08. The van der Waals surface area contributed by atoms with Gasteiger partial charge in [-0.05, 0) is 53.3 Å². The molecule has 0 bridgehead atoms. The average Bonchev–Trinajstić information content (AvgIpc) is 2.82. The number of fused-ring (bicyclic) bond motifs is 2. The van der Waals surface area contributed by atoms with Crippen LogP contribution in [0.2, 0.25) is 0 Å². The first-order chi connectivity index (χ1) is 14.8. The van der Waals surface area contributed by atoms with Crippen LogP contribution in [0.15, 0.2) is 90.2 Å². The van der Waals surface area contributed by atoms with Gasteiger partial charge in [-0.3, -0.25) is 4.79 Å². The van der Waals surface area contributed by atoms with E-state index in [1.54, 1.807) is 6.20 Å². The van der Waals surface area contributed by atoms with Crippen molar-refractivity contribution in [3.8, 4) is 5.88 Å². The maximum atomic E-state index is 13.7. The number of likely N-dealkylation sites (tertiary alicyclic amines) is 1. The SMILES string of the molecule is O=C(c1cccc2ccccc12)N1CC2=CCCC=C2C[C@H]1COc1ccccn1. The van der Waals surface area contributed by atoms with Crippen molar-refractivity contribution in [2.75, 3.05) is 13.2 Å². The molecule has 1 aliphatic heterocycles. The molecule has 4 nitrogen and oxygen atoms in total. The van der Waals surface area contributed by atoms with Crippen molar-refractivity contribution in [3.05, 3.63) is 95.7 Å².